The third-order valence-corrected chi connectivity index (χ3v) is 4.65. The summed E-state index contributed by atoms with van der Waals surface area (Å²) in [5.41, 5.74) is 0.925. The molecule has 154 valence electrons. The van der Waals surface area contributed by atoms with Gasteiger partial charge in [0.15, 0.2) is 5.75 Å². The van der Waals surface area contributed by atoms with Crippen LogP contribution in [-0.4, -0.2) is 7.11 Å². The number of ether oxygens (including phenoxy) is 2. The molecule has 0 saturated carbocycles. The molecule has 0 aromatic heterocycles. The van der Waals surface area contributed by atoms with Crippen LogP contribution in [0.15, 0.2) is 89.3 Å². The van der Waals surface area contributed by atoms with Crippen molar-refractivity contribution in [2.75, 3.05) is 7.11 Å². The molecule has 0 spiro atoms. The Kier molecular flexibility index (Phi) is 5.92. The Morgan fingerprint density at radius 3 is 2.31 bits per heavy atom. The highest BCUT2D eigenvalue weighted by molar-refractivity contribution is 5.91. The highest BCUT2D eigenvalue weighted by atomic mass is 16.6. The summed E-state index contributed by atoms with van der Waals surface area (Å²) in [6.45, 7) is 0. The number of methoxy groups -OCH3 is 1. The fourth-order valence-electron chi connectivity index (χ4n) is 3.10. The van der Waals surface area contributed by atoms with Crippen molar-refractivity contribution in [1.29, 1.82) is 10.5 Å². The number of hydrogen-bond acceptors (Lipinski definition) is 7. The van der Waals surface area contributed by atoms with Crippen molar-refractivity contribution in [3.63, 3.8) is 0 Å². The van der Waals surface area contributed by atoms with E-state index < -0.39 is 0 Å². The predicted molar refractivity (Wildman–Crippen MR) is 118 cm³/mol. The minimum atomic E-state index is 0.175. The zero-order valence-corrected chi connectivity index (χ0v) is 17.0. The van der Waals surface area contributed by atoms with Crippen molar-refractivity contribution < 1.29 is 14.3 Å². The van der Waals surface area contributed by atoms with Crippen molar-refractivity contribution in [2.24, 2.45) is 10.4 Å². The van der Waals surface area contributed by atoms with Gasteiger partial charge in [0, 0.05) is 16.7 Å². The van der Waals surface area contributed by atoms with Gasteiger partial charge in [-0.15, -0.1) is 5.11 Å². The lowest BCUT2D eigenvalue weighted by molar-refractivity contribution is 0.312. The highest BCUT2D eigenvalue weighted by Gasteiger charge is 2.12. The minimum absolute atomic E-state index is 0.175. The molecular formula is C25H16N4O3. The molecule has 0 aliphatic rings. The number of fused-ring (bicyclic) bond motifs is 1. The van der Waals surface area contributed by atoms with E-state index in [1.54, 1.807) is 55.6 Å². The standard InChI is InChI=1S/C25H16N4O3/c1-30-20-9-11-21(12-10-20)32-29-28-19-13-17-5-2-3-7-22(17)25(14-19)31-24-8-4-6-18(15-26)23(24)16-27/h2-14H,1H3. The summed E-state index contributed by atoms with van der Waals surface area (Å²) >= 11 is 0. The molecule has 4 rings (SSSR count). The Hall–Kier alpha value is -4.88. The third-order valence-electron chi connectivity index (χ3n) is 4.65. The summed E-state index contributed by atoms with van der Waals surface area (Å²) in [4.78, 5) is 5.33. The topological polar surface area (TPSA) is 100.0 Å². The molecule has 0 atom stereocenters. The van der Waals surface area contributed by atoms with Gasteiger partial charge in [0.2, 0.25) is 0 Å². The average Bonchev–Trinajstić information content (AvgIpc) is 2.84. The van der Waals surface area contributed by atoms with Gasteiger partial charge in [-0.3, -0.25) is 0 Å². The Morgan fingerprint density at radius 1 is 0.781 bits per heavy atom. The minimum Gasteiger partial charge on any atom is -0.497 e. The maximum Gasteiger partial charge on any atom is 0.160 e. The average molecular weight is 420 g/mol. The van der Waals surface area contributed by atoms with Crippen molar-refractivity contribution >= 4 is 16.5 Å². The van der Waals surface area contributed by atoms with Gasteiger partial charge in [-0.25, -0.2) is 0 Å². The molecule has 4 aromatic carbocycles. The summed E-state index contributed by atoms with van der Waals surface area (Å²) < 4.78 is 11.2. The molecule has 4 aromatic rings. The first-order chi connectivity index (χ1) is 15.7. The lowest BCUT2D eigenvalue weighted by Crippen LogP contribution is -1.92. The second kappa shape index (κ2) is 9.29. The normalized spacial score (nSPS) is 10.5. The van der Waals surface area contributed by atoms with Gasteiger partial charge >= 0.3 is 0 Å². The van der Waals surface area contributed by atoms with E-state index in [2.05, 4.69) is 10.4 Å². The Balaban J connectivity index is 1.66. The number of rotatable bonds is 6. The molecule has 0 fully saturated rings. The van der Waals surface area contributed by atoms with Crippen molar-refractivity contribution in [2.45, 2.75) is 0 Å². The summed E-state index contributed by atoms with van der Waals surface area (Å²) in [6, 6.07) is 27.1. The van der Waals surface area contributed by atoms with E-state index in [0.29, 0.717) is 28.7 Å². The first-order valence-electron chi connectivity index (χ1n) is 9.58. The van der Waals surface area contributed by atoms with Crippen LogP contribution in [0.4, 0.5) is 5.69 Å². The zero-order valence-electron chi connectivity index (χ0n) is 17.0. The number of nitriles is 2. The lowest BCUT2D eigenvalue weighted by Gasteiger charge is -2.11. The Bertz CT molecular complexity index is 1380. The van der Waals surface area contributed by atoms with E-state index in [1.165, 1.54) is 0 Å². The van der Waals surface area contributed by atoms with Crippen molar-refractivity contribution in [3.8, 4) is 35.1 Å². The number of hydrogen-bond donors (Lipinski definition) is 0. The van der Waals surface area contributed by atoms with Crippen LogP contribution in [0.25, 0.3) is 10.8 Å². The molecule has 0 amide bonds. The zero-order chi connectivity index (χ0) is 22.3. The second-order valence-electron chi connectivity index (χ2n) is 6.62. The molecule has 0 aliphatic carbocycles. The number of benzene rings is 4. The van der Waals surface area contributed by atoms with Crippen LogP contribution in [0.3, 0.4) is 0 Å². The SMILES string of the molecule is COc1ccc(ON=Nc2cc(Oc3cccc(C#N)c3C#N)c3ccccc3c2)cc1. The predicted octanol–water partition coefficient (Wildman–Crippen LogP) is 6.46. The van der Waals surface area contributed by atoms with Gasteiger partial charge in [-0.2, -0.15) is 10.5 Å². The largest absolute Gasteiger partial charge is 0.497 e. The summed E-state index contributed by atoms with van der Waals surface area (Å²) in [6.07, 6.45) is 0. The van der Waals surface area contributed by atoms with E-state index in [9.17, 15) is 10.5 Å². The molecule has 7 nitrogen and oxygen atoms in total. The summed E-state index contributed by atoms with van der Waals surface area (Å²) in [5, 5.41) is 28.4. The van der Waals surface area contributed by atoms with E-state index >= 15 is 0 Å². The molecule has 0 unspecified atom stereocenters. The van der Waals surface area contributed by atoms with Crippen LogP contribution < -0.4 is 14.3 Å². The van der Waals surface area contributed by atoms with E-state index in [4.69, 9.17) is 14.3 Å². The van der Waals surface area contributed by atoms with Gasteiger partial charge < -0.3 is 14.3 Å². The molecule has 0 N–H and O–H groups in total. The van der Waals surface area contributed by atoms with Crippen LogP contribution in [0, 0.1) is 22.7 Å². The van der Waals surface area contributed by atoms with Gasteiger partial charge in [-0.1, -0.05) is 30.3 Å². The summed E-state index contributed by atoms with van der Waals surface area (Å²) in [5.74, 6) is 2.00. The fraction of sp³-hybridized carbons (Fsp3) is 0.0400. The molecule has 0 bridgehead atoms. The van der Waals surface area contributed by atoms with Gasteiger partial charge in [0.05, 0.1) is 18.4 Å². The molecule has 32 heavy (non-hydrogen) atoms. The quantitative estimate of drug-likeness (QED) is 0.263. The third kappa shape index (κ3) is 4.33. The number of nitrogens with zero attached hydrogens (tertiary/aromatic N) is 4. The molecule has 0 heterocycles. The van der Waals surface area contributed by atoms with Crippen molar-refractivity contribution in [1.82, 2.24) is 0 Å². The van der Waals surface area contributed by atoms with E-state index in [0.717, 1.165) is 10.8 Å². The summed E-state index contributed by atoms with van der Waals surface area (Å²) in [7, 11) is 1.59. The van der Waals surface area contributed by atoms with Crippen LogP contribution in [0.5, 0.6) is 23.0 Å². The van der Waals surface area contributed by atoms with Gasteiger partial charge in [-0.05, 0) is 47.9 Å². The monoisotopic (exact) mass is 420 g/mol. The van der Waals surface area contributed by atoms with Crippen LogP contribution >= 0.6 is 0 Å². The van der Waals surface area contributed by atoms with Gasteiger partial charge in [0.25, 0.3) is 0 Å². The first-order valence-corrected chi connectivity index (χ1v) is 9.58. The maximum absolute atomic E-state index is 9.49. The Labute approximate surface area is 184 Å². The maximum atomic E-state index is 9.49. The second-order valence-corrected chi connectivity index (χ2v) is 6.62. The Morgan fingerprint density at radius 2 is 1.56 bits per heavy atom. The fourth-order valence-corrected chi connectivity index (χ4v) is 3.10. The smallest absolute Gasteiger partial charge is 0.160 e. The van der Waals surface area contributed by atoms with E-state index in [-0.39, 0.29) is 11.1 Å². The molecular weight excluding hydrogens is 404 g/mol. The van der Waals surface area contributed by atoms with Crippen LogP contribution in [0.1, 0.15) is 11.1 Å². The van der Waals surface area contributed by atoms with Crippen LogP contribution in [0.2, 0.25) is 0 Å². The van der Waals surface area contributed by atoms with Crippen molar-refractivity contribution in [3.05, 3.63) is 90.0 Å². The highest BCUT2D eigenvalue weighted by Crippen LogP contribution is 2.36. The molecule has 7 heteroatoms. The molecule has 0 aliphatic heterocycles. The van der Waals surface area contributed by atoms with Gasteiger partial charge in [0.1, 0.15) is 35.0 Å². The first kappa shape index (κ1) is 20.4. The van der Waals surface area contributed by atoms with Crippen LogP contribution in [-0.2, 0) is 0 Å². The van der Waals surface area contributed by atoms with E-state index in [1.807, 2.05) is 42.5 Å². The molecule has 0 saturated heterocycles. The molecule has 0 radical (unpaired) electrons. The lowest BCUT2D eigenvalue weighted by atomic mass is 10.1.